The molecule has 1 unspecified atom stereocenters. The van der Waals surface area contributed by atoms with Crippen LogP contribution in [0.25, 0.3) is 0 Å². The second-order valence-electron chi connectivity index (χ2n) is 8.23. The molecule has 1 aliphatic heterocycles. The Hall–Kier alpha value is -2.12. The summed E-state index contributed by atoms with van der Waals surface area (Å²) >= 11 is 0. The highest BCUT2D eigenvalue weighted by Gasteiger charge is 2.24. The van der Waals surface area contributed by atoms with Crippen molar-refractivity contribution < 1.29 is 19.1 Å². The molecular formula is C22H35N3O4. The number of anilines is 2. The summed E-state index contributed by atoms with van der Waals surface area (Å²) in [5.41, 5.74) is 2.72. The maximum Gasteiger partial charge on any atom is 0.248 e. The summed E-state index contributed by atoms with van der Waals surface area (Å²) in [6.45, 7) is 5.80. The Morgan fingerprint density at radius 3 is 2.66 bits per heavy atom. The van der Waals surface area contributed by atoms with Gasteiger partial charge in [-0.05, 0) is 42.5 Å². The van der Waals surface area contributed by atoms with Gasteiger partial charge in [-0.3, -0.25) is 9.59 Å². The van der Waals surface area contributed by atoms with E-state index in [0.29, 0.717) is 25.4 Å². The van der Waals surface area contributed by atoms with E-state index in [-0.39, 0.29) is 24.5 Å². The van der Waals surface area contributed by atoms with Gasteiger partial charge in [0.1, 0.15) is 6.61 Å². The summed E-state index contributed by atoms with van der Waals surface area (Å²) in [7, 11) is 5.47. The average molecular weight is 406 g/mol. The topological polar surface area (TPSA) is 71.1 Å². The normalized spacial score (nSPS) is 16.1. The number of carbonyl (C=O) groups excluding carboxylic acids is 2. The lowest BCUT2D eigenvalue weighted by Crippen LogP contribution is -2.39. The minimum absolute atomic E-state index is 0.00442. The van der Waals surface area contributed by atoms with E-state index in [2.05, 4.69) is 5.32 Å². The van der Waals surface area contributed by atoms with Crippen molar-refractivity contribution in [1.29, 1.82) is 0 Å². The lowest BCUT2D eigenvalue weighted by atomic mass is 10.1. The fourth-order valence-corrected chi connectivity index (χ4v) is 3.52. The second-order valence-corrected chi connectivity index (χ2v) is 8.23. The molecule has 0 radical (unpaired) electrons. The molecular weight excluding hydrogens is 370 g/mol. The van der Waals surface area contributed by atoms with Crippen LogP contribution in [0.1, 0.15) is 38.7 Å². The fourth-order valence-electron chi connectivity index (χ4n) is 3.52. The van der Waals surface area contributed by atoms with Crippen molar-refractivity contribution in [2.45, 2.75) is 45.8 Å². The van der Waals surface area contributed by atoms with Crippen LogP contribution in [-0.2, 0) is 25.6 Å². The molecule has 0 aromatic heterocycles. The highest BCUT2D eigenvalue weighted by molar-refractivity contribution is 5.91. The van der Waals surface area contributed by atoms with E-state index in [1.807, 2.05) is 51.0 Å². The molecule has 1 atom stereocenters. The van der Waals surface area contributed by atoms with Gasteiger partial charge in [-0.2, -0.15) is 0 Å². The monoisotopic (exact) mass is 405 g/mol. The highest BCUT2D eigenvalue weighted by Crippen LogP contribution is 2.26. The number of nitrogens with zero attached hydrogens (tertiary/aromatic N) is 2. The Morgan fingerprint density at radius 2 is 2.07 bits per heavy atom. The lowest BCUT2D eigenvalue weighted by Gasteiger charge is -2.28. The van der Waals surface area contributed by atoms with Crippen molar-refractivity contribution in [3.8, 4) is 0 Å². The molecule has 29 heavy (non-hydrogen) atoms. The van der Waals surface area contributed by atoms with Gasteiger partial charge in [0.05, 0.1) is 6.10 Å². The molecule has 1 aliphatic rings. The van der Waals surface area contributed by atoms with Gasteiger partial charge >= 0.3 is 0 Å². The van der Waals surface area contributed by atoms with E-state index in [1.165, 1.54) is 7.11 Å². The minimum Gasteiger partial charge on any atom is -0.377 e. The number of benzene rings is 1. The van der Waals surface area contributed by atoms with Crippen LogP contribution in [0.15, 0.2) is 18.2 Å². The summed E-state index contributed by atoms with van der Waals surface area (Å²) in [6.07, 6.45) is 2.52. The molecule has 1 saturated heterocycles. The van der Waals surface area contributed by atoms with Crippen molar-refractivity contribution in [1.82, 2.24) is 4.90 Å². The Bertz CT molecular complexity index is 685. The molecule has 1 aromatic carbocycles. The van der Waals surface area contributed by atoms with Gasteiger partial charge in [-0.15, -0.1) is 0 Å². The van der Waals surface area contributed by atoms with Gasteiger partial charge in [0.25, 0.3) is 0 Å². The van der Waals surface area contributed by atoms with Crippen LogP contribution in [0.5, 0.6) is 0 Å². The predicted octanol–water partition coefficient (Wildman–Crippen LogP) is 2.89. The van der Waals surface area contributed by atoms with Crippen LogP contribution >= 0.6 is 0 Å². The summed E-state index contributed by atoms with van der Waals surface area (Å²) in [4.78, 5) is 28.6. The average Bonchev–Trinajstić information content (AvgIpc) is 3.13. The predicted molar refractivity (Wildman–Crippen MR) is 115 cm³/mol. The molecule has 162 valence electrons. The number of methoxy groups -OCH3 is 1. The second kappa shape index (κ2) is 11.2. The van der Waals surface area contributed by atoms with E-state index in [9.17, 15) is 9.59 Å². The Morgan fingerprint density at radius 1 is 1.31 bits per heavy atom. The highest BCUT2D eigenvalue weighted by atomic mass is 16.5. The van der Waals surface area contributed by atoms with Crippen molar-refractivity contribution in [2.75, 3.05) is 51.2 Å². The molecule has 2 rings (SSSR count). The molecule has 1 heterocycles. The van der Waals surface area contributed by atoms with Crippen molar-refractivity contribution in [2.24, 2.45) is 5.92 Å². The van der Waals surface area contributed by atoms with Crippen LogP contribution in [-0.4, -0.2) is 63.8 Å². The van der Waals surface area contributed by atoms with E-state index in [4.69, 9.17) is 9.47 Å². The minimum atomic E-state index is -0.0676. The van der Waals surface area contributed by atoms with Gasteiger partial charge in [-0.1, -0.05) is 13.8 Å². The summed E-state index contributed by atoms with van der Waals surface area (Å²) in [5, 5.41) is 2.97. The van der Waals surface area contributed by atoms with Gasteiger partial charge in [0, 0.05) is 58.7 Å². The number of hydrogen-bond donors (Lipinski definition) is 1. The first-order chi connectivity index (χ1) is 13.8. The summed E-state index contributed by atoms with van der Waals surface area (Å²) < 4.78 is 10.8. The largest absolute Gasteiger partial charge is 0.377 e. The Kier molecular flexibility index (Phi) is 8.92. The first-order valence-electron chi connectivity index (χ1n) is 10.3. The van der Waals surface area contributed by atoms with Crippen molar-refractivity contribution in [3.05, 3.63) is 23.8 Å². The molecule has 7 heteroatoms. The molecule has 0 spiro atoms. The van der Waals surface area contributed by atoms with Gasteiger partial charge in [-0.25, -0.2) is 0 Å². The molecule has 1 N–H and O–H groups in total. The molecule has 0 saturated carbocycles. The number of ether oxygens (including phenoxy) is 2. The van der Waals surface area contributed by atoms with Gasteiger partial charge in [0.2, 0.25) is 11.8 Å². The zero-order valence-corrected chi connectivity index (χ0v) is 18.4. The lowest BCUT2D eigenvalue weighted by molar-refractivity contribution is -0.137. The maximum atomic E-state index is 12.7. The molecule has 1 fully saturated rings. The van der Waals surface area contributed by atoms with Crippen molar-refractivity contribution >= 4 is 23.2 Å². The molecule has 7 nitrogen and oxygen atoms in total. The van der Waals surface area contributed by atoms with Gasteiger partial charge < -0.3 is 24.6 Å². The van der Waals surface area contributed by atoms with E-state index < -0.39 is 0 Å². The zero-order valence-electron chi connectivity index (χ0n) is 18.4. The third-order valence-corrected chi connectivity index (χ3v) is 4.87. The molecule has 2 amide bonds. The number of nitrogens with one attached hydrogen (secondary N) is 1. The molecule has 0 aliphatic carbocycles. The Balaban J connectivity index is 2.22. The van der Waals surface area contributed by atoms with Crippen LogP contribution in [0.4, 0.5) is 11.4 Å². The third-order valence-electron chi connectivity index (χ3n) is 4.87. The first kappa shape index (κ1) is 23.2. The van der Waals surface area contributed by atoms with Gasteiger partial charge in [0.15, 0.2) is 0 Å². The fraction of sp³-hybridized carbons (Fsp3) is 0.636. The number of rotatable bonds is 10. The Labute approximate surface area is 174 Å². The number of amides is 2. The van der Waals surface area contributed by atoms with Crippen LogP contribution < -0.4 is 10.2 Å². The van der Waals surface area contributed by atoms with Crippen LogP contribution in [0.2, 0.25) is 0 Å². The van der Waals surface area contributed by atoms with Crippen LogP contribution in [0.3, 0.4) is 0 Å². The quantitative estimate of drug-likeness (QED) is 0.648. The molecule has 0 bridgehead atoms. The zero-order chi connectivity index (χ0) is 21.4. The number of carbonyl (C=O) groups is 2. The molecule has 1 aromatic rings. The summed E-state index contributed by atoms with van der Waals surface area (Å²) in [6, 6.07) is 5.83. The van der Waals surface area contributed by atoms with E-state index in [1.54, 1.807) is 4.90 Å². The van der Waals surface area contributed by atoms with Crippen LogP contribution in [0, 0.1) is 5.92 Å². The first-order valence-corrected chi connectivity index (χ1v) is 10.3. The maximum absolute atomic E-state index is 12.7. The third kappa shape index (κ3) is 7.33. The SMILES string of the molecule is COCC(=O)N(Cc1cc(NC(=O)CC(C)C)ccc1N(C)C)CC1CCCO1. The van der Waals surface area contributed by atoms with Crippen molar-refractivity contribution in [3.63, 3.8) is 0 Å². The smallest absolute Gasteiger partial charge is 0.248 e. The number of hydrogen-bond acceptors (Lipinski definition) is 5. The van der Waals surface area contributed by atoms with E-state index >= 15 is 0 Å². The van der Waals surface area contributed by atoms with E-state index in [0.717, 1.165) is 36.4 Å². The standard InChI is InChI=1S/C22H35N3O4/c1-16(2)11-21(26)23-18-8-9-20(24(3)4)17(12-18)13-25(22(27)15-28-5)14-19-7-6-10-29-19/h8-9,12,16,19H,6-7,10-11,13-15H2,1-5H3,(H,23,26). The summed E-state index contributed by atoms with van der Waals surface area (Å²) in [5.74, 6) is 0.223.